The zero-order valence-electron chi connectivity index (χ0n) is 12.7. The van der Waals surface area contributed by atoms with Gasteiger partial charge in [0.25, 0.3) is 0 Å². The SMILES string of the molecule is CCCCN(CC(N)=O)c1ccccc1CNCCC. The first-order chi connectivity index (χ1) is 9.69. The predicted octanol–water partition coefficient (Wildman–Crippen LogP) is 2.28. The summed E-state index contributed by atoms with van der Waals surface area (Å²) in [4.78, 5) is 13.4. The van der Waals surface area contributed by atoms with Crippen LogP contribution in [0.15, 0.2) is 24.3 Å². The van der Waals surface area contributed by atoms with Crippen LogP contribution in [-0.4, -0.2) is 25.5 Å². The first-order valence-corrected chi connectivity index (χ1v) is 7.50. The number of nitrogens with one attached hydrogen (secondary N) is 1. The average molecular weight is 277 g/mol. The molecule has 0 aliphatic rings. The first-order valence-electron chi connectivity index (χ1n) is 7.50. The van der Waals surface area contributed by atoms with Crippen LogP contribution in [-0.2, 0) is 11.3 Å². The maximum Gasteiger partial charge on any atom is 0.236 e. The number of nitrogens with zero attached hydrogens (tertiary/aromatic N) is 1. The molecule has 0 spiro atoms. The van der Waals surface area contributed by atoms with Crippen molar-refractivity contribution in [2.45, 2.75) is 39.7 Å². The van der Waals surface area contributed by atoms with Crippen LogP contribution in [0, 0.1) is 0 Å². The van der Waals surface area contributed by atoms with E-state index in [-0.39, 0.29) is 12.5 Å². The van der Waals surface area contributed by atoms with Gasteiger partial charge in [0.15, 0.2) is 0 Å². The highest BCUT2D eigenvalue weighted by atomic mass is 16.1. The number of anilines is 1. The van der Waals surface area contributed by atoms with Crippen LogP contribution in [0.25, 0.3) is 0 Å². The van der Waals surface area contributed by atoms with Crippen molar-refractivity contribution in [1.82, 2.24) is 5.32 Å². The van der Waals surface area contributed by atoms with Gasteiger partial charge < -0.3 is 16.0 Å². The van der Waals surface area contributed by atoms with Gasteiger partial charge in [0.1, 0.15) is 0 Å². The van der Waals surface area contributed by atoms with Crippen molar-refractivity contribution in [3.8, 4) is 0 Å². The van der Waals surface area contributed by atoms with E-state index in [0.717, 1.165) is 44.6 Å². The highest BCUT2D eigenvalue weighted by Gasteiger charge is 2.12. The van der Waals surface area contributed by atoms with Gasteiger partial charge in [-0.05, 0) is 31.0 Å². The Morgan fingerprint density at radius 3 is 2.65 bits per heavy atom. The molecule has 112 valence electrons. The van der Waals surface area contributed by atoms with Gasteiger partial charge in [0.05, 0.1) is 6.54 Å². The van der Waals surface area contributed by atoms with E-state index in [4.69, 9.17) is 5.73 Å². The van der Waals surface area contributed by atoms with Crippen molar-refractivity contribution in [3.63, 3.8) is 0 Å². The molecule has 4 nitrogen and oxygen atoms in total. The van der Waals surface area contributed by atoms with Crippen molar-refractivity contribution in [2.75, 3.05) is 24.5 Å². The molecule has 20 heavy (non-hydrogen) atoms. The van der Waals surface area contributed by atoms with E-state index in [9.17, 15) is 4.79 Å². The Morgan fingerprint density at radius 1 is 1.25 bits per heavy atom. The summed E-state index contributed by atoms with van der Waals surface area (Å²) in [6.45, 7) is 7.27. The lowest BCUT2D eigenvalue weighted by Crippen LogP contribution is -2.35. The van der Waals surface area contributed by atoms with Gasteiger partial charge in [-0.25, -0.2) is 0 Å². The zero-order valence-corrected chi connectivity index (χ0v) is 12.7. The average Bonchev–Trinajstić information content (AvgIpc) is 2.44. The van der Waals surface area contributed by atoms with Crippen LogP contribution >= 0.6 is 0 Å². The van der Waals surface area contributed by atoms with E-state index in [0.29, 0.717) is 0 Å². The Balaban J connectivity index is 2.84. The lowest BCUT2D eigenvalue weighted by Gasteiger charge is -2.26. The molecule has 0 heterocycles. The summed E-state index contributed by atoms with van der Waals surface area (Å²) in [6.07, 6.45) is 3.28. The monoisotopic (exact) mass is 277 g/mol. The van der Waals surface area contributed by atoms with Gasteiger partial charge in [-0.15, -0.1) is 0 Å². The molecule has 4 heteroatoms. The molecule has 0 atom stereocenters. The van der Waals surface area contributed by atoms with Crippen molar-refractivity contribution in [3.05, 3.63) is 29.8 Å². The van der Waals surface area contributed by atoms with E-state index < -0.39 is 0 Å². The normalized spacial score (nSPS) is 10.5. The minimum absolute atomic E-state index is 0.280. The third kappa shape index (κ3) is 5.61. The van der Waals surface area contributed by atoms with Gasteiger partial charge in [-0.1, -0.05) is 38.5 Å². The van der Waals surface area contributed by atoms with Gasteiger partial charge in [-0.2, -0.15) is 0 Å². The van der Waals surface area contributed by atoms with Crippen LogP contribution in [0.1, 0.15) is 38.7 Å². The second kappa shape index (κ2) is 9.37. The number of nitrogens with two attached hydrogens (primary N) is 1. The summed E-state index contributed by atoms with van der Waals surface area (Å²) in [5.74, 6) is -0.280. The molecule has 0 bridgehead atoms. The van der Waals surface area contributed by atoms with Crippen molar-refractivity contribution >= 4 is 11.6 Å². The number of hydrogen-bond acceptors (Lipinski definition) is 3. The molecule has 0 aliphatic heterocycles. The Labute approximate surface area is 122 Å². The number of unbranched alkanes of at least 4 members (excludes halogenated alkanes) is 1. The molecule has 1 aromatic rings. The summed E-state index contributed by atoms with van der Waals surface area (Å²) in [5.41, 5.74) is 7.71. The van der Waals surface area contributed by atoms with E-state index in [1.807, 2.05) is 12.1 Å². The topological polar surface area (TPSA) is 58.4 Å². The number of primary amides is 1. The smallest absolute Gasteiger partial charge is 0.236 e. The Morgan fingerprint density at radius 2 is 2.00 bits per heavy atom. The fourth-order valence-corrected chi connectivity index (χ4v) is 2.19. The summed E-state index contributed by atoms with van der Waals surface area (Å²) in [6, 6.07) is 8.23. The molecule has 1 rings (SSSR count). The maximum atomic E-state index is 11.3. The molecule has 0 aromatic heterocycles. The second-order valence-corrected chi connectivity index (χ2v) is 5.05. The molecule has 0 fully saturated rings. The molecule has 0 radical (unpaired) electrons. The van der Waals surface area contributed by atoms with Crippen molar-refractivity contribution in [2.24, 2.45) is 5.73 Å². The van der Waals surface area contributed by atoms with Crippen LogP contribution < -0.4 is 16.0 Å². The molecule has 1 aromatic carbocycles. The molecule has 0 unspecified atom stereocenters. The summed E-state index contributed by atoms with van der Waals surface area (Å²) >= 11 is 0. The lowest BCUT2D eigenvalue weighted by atomic mass is 10.1. The number of hydrogen-bond donors (Lipinski definition) is 2. The van der Waals surface area contributed by atoms with Crippen LogP contribution in [0.5, 0.6) is 0 Å². The minimum Gasteiger partial charge on any atom is -0.368 e. The molecule has 3 N–H and O–H groups in total. The Kier molecular flexibility index (Phi) is 7.73. The fraction of sp³-hybridized carbons (Fsp3) is 0.562. The zero-order chi connectivity index (χ0) is 14.8. The summed E-state index contributed by atoms with van der Waals surface area (Å²) in [7, 11) is 0. The summed E-state index contributed by atoms with van der Waals surface area (Å²) in [5, 5.41) is 3.41. The van der Waals surface area contributed by atoms with Crippen LogP contribution in [0.4, 0.5) is 5.69 Å². The van der Waals surface area contributed by atoms with Crippen LogP contribution in [0.3, 0.4) is 0 Å². The second-order valence-electron chi connectivity index (χ2n) is 5.05. The Hall–Kier alpha value is -1.55. The molecule has 0 saturated carbocycles. The standard InChI is InChI=1S/C16H27N3O/c1-3-5-11-19(13-16(17)20)15-9-7-6-8-14(15)12-18-10-4-2/h6-9,18H,3-5,10-13H2,1-2H3,(H2,17,20). The highest BCUT2D eigenvalue weighted by Crippen LogP contribution is 2.20. The van der Waals surface area contributed by atoms with Crippen molar-refractivity contribution in [1.29, 1.82) is 0 Å². The van der Waals surface area contributed by atoms with Crippen molar-refractivity contribution < 1.29 is 4.79 Å². The summed E-state index contributed by atoms with van der Waals surface area (Å²) < 4.78 is 0. The number of carbonyl (C=O) groups is 1. The highest BCUT2D eigenvalue weighted by molar-refractivity contribution is 5.80. The molecule has 0 saturated heterocycles. The first kappa shape index (κ1) is 16.5. The Bertz CT molecular complexity index is 406. The third-order valence-corrected chi connectivity index (χ3v) is 3.20. The number of para-hydroxylation sites is 1. The van der Waals surface area contributed by atoms with Gasteiger partial charge in [-0.3, -0.25) is 4.79 Å². The van der Waals surface area contributed by atoms with E-state index in [2.05, 4.69) is 36.2 Å². The number of amides is 1. The molecular weight excluding hydrogens is 250 g/mol. The molecule has 0 aliphatic carbocycles. The van der Waals surface area contributed by atoms with E-state index in [1.165, 1.54) is 5.56 Å². The minimum atomic E-state index is -0.280. The predicted molar refractivity (Wildman–Crippen MR) is 84.8 cm³/mol. The number of rotatable bonds is 10. The van der Waals surface area contributed by atoms with E-state index >= 15 is 0 Å². The van der Waals surface area contributed by atoms with Gasteiger partial charge in [0, 0.05) is 18.8 Å². The number of carbonyl (C=O) groups excluding carboxylic acids is 1. The van der Waals surface area contributed by atoms with Gasteiger partial charge >= 0.3 is 0 Å². The maximum absolute atomic E-state index is 11.3. The third-order valence-electron chi connectivity index (χ3n) is 3.20. The lowest BCUT2D eigenvalue weighted by molar-refractivity contribution is -0.116. The van der Waals surface area contributed by atoms with Crippen LogP contribution in [0.2, 0.25) is 0 Å². The fourth-order valence-electron chi connectivity index (χ4n) is 2.19. The largest absolute Gasteiger partial charge is 0.368 e. The quantitative estimate of drug-likeness (QED) is 0.645. The van der Waals surface area contributed by atoms with E-state index in [1.54, 1.807) is 0 Å². The molecular formula is C16H27N3O. The number of benzene rings is 1. The van der Waals surface area contributed by atoms with Gasteiger partial charge in [0.2, 0.25) is 5.91 Å². The molecule has 1 amide bonds.